The van der Waals surface area contributed by atoms with Gasteiger partial charge in [0.15, 0.2) is 5.82 Å². The van der Waals surface area contributed by atoms with Crippen LogP contribution in [-0.4, -0.2) is 15.0 Å². The summed E-state index contributed by atoms with van der Waals surface area (Å²) >= 11 is 15.9. The zero-order valence-corrected chi connectivity index (χ0v) is 13.7. The fraction of sp³-hybridized carbons (Fsp3) is 0.357. The Morgan fingerprint density at radius 1 is 1.15 bits per heavy atom. The molecule has 3 nitrogen and oxygen atoms in total. The second-order valence-corrected chi connectivity index (χ2v) is 6.41. The lowest BCUT2D eigenvalue weighted by Gasteiger charge is -2.13. The summed E-state index contributed by atoms with van der Waals surface area (Å²) in [5, 5.41) is 0.946. The van der Waals surface area contributed by atoms with Crippen LogP contribution >= 0.6 is 39.1 Å². The van der Waals surface area contributed by atoms with Gasteiger partial charge in [0.2, 0.25) is 0 Å². The fourth-order valence-corrected chi connectivity index (χ4v) is 3.45. The van der Waals surface area contributed by atoms with E-state index < -0.39 is 0 Å². The molecule has 3 rings (SSSR count). The summed E-state index contributed by atoms with van der Waals surface area (Å²) in [5.41, 5.74) is 1.54. The Kier molecular flexibility index (Phi) is 4.24. The van der Waals surface area contributed by atoms with Crippen molar-refractivity contribution in [2.45, 2.75) is 31.6 Å². The minimum Gasteiger partial charge on any atom is -0.251 e. The maximum absolute atomic E-state index is 6.23. The van der Waals surface area contributed by atoms with E-state index in [9.17, 15) is 0 Å². The topological polar surface area (TPSA) is 38.7 Å². The maximum atomic E-state index is 6.23. The van der Waals surface area contributed by atoms with E-state index >= 15 is 0 Å². The van der Waals surface area contributed by atoms with Crippen LogP contribution in [-0.2, 0) is 0 Å². The smallest absolute Gasteiger partial charge is 0.181 e. The minimum atomic E-state index is 0.415. The molecular formula is C14H12BrCl2N3. The highest BCUT2D eigenvalue weighted by atomic mass is 79.9. The van der Waals surface area contributed by atoms with Crippen molar-refractivity contribution < 1.29 is 0 Å². The van der Waals surface area contributed by atoms with Crippen LogP contribution in [0.2, 0.25) is 10.2 Å². The van der Waals surface area contributed by atoms with Crippen molar-refractivity contribution in [3.63, 3.8) is 0 Å². The van der Waals surface area contributed by atoms with E-state index in [1.165, 1.54) is 12.8 Å². The summed E-state index contributed by atoms with van der Waals surface area (Å²) in [6, 6.07) is 3.56. The van der Waals surface area contributed by atoms with Gasteiger partial charge in [-0.25, -0.2) is 9.97 Å². The van der Waals surface area contributed by atoms with Crippen molar-refractivity contribution >= 4 is 39.1 Å². The summed E-state index contributed by atoms with van der Waals surface area (Å²) < 4.78 is 0.793. The molecule has 0 aromatic carbocycles. The standard InChI is InChI=1S/C14H12BrCl2N3/c15-10-11(8-4-1-2-5-8)19-14(20-13(10)17)12-9(16)6-3-7-18-12/h3,6-8H,1-2,4-5H2. The molecule has 0 N–H and O–H groups in total. The molecule has 0 bridgehead atoms. The summed E-state index contributed by atoms with van der Waals surface area (Å²) in [6.45, 7) is 0. The van der Waals surface area contributed by atoms with Crippen LogP contribution in [0.15, 0.2) is 22.8 Å². The SMILES string of the molecule is Clc1cccnc1-c1nc(Cl)c(Br)c(C2CCCC2)n1. The lowest BCUT2D eigenvalue weighted by atomic mass is 10.0. The monoisotopic (exact) mass is 371 g/mol. The Bertz CT molecular complexity index is 642. The van der Waals surface area contributed by atoms with E-state index in [0.29, 0.717) is 27.6 Å². The first-order chi connectivity index (χ1) is 9.66. The van der Waals surface area contributed by atoms with Crippen LogP contribution in [0.5, 0.6) is 0 Å². The normalized spacial score (nSPS) is 15.8. The molecule has 1 saturated carbocycles. The predicted molar refractivity (Wildman–Crippen MR) is 84.2 cm³/mol. The number of halogens is 3. The Morgan fingerprint density at radius 2 is 1.90 bits per heavy atom. The van der Waals surface area contributed by atoms with Gasteiger partial charge >= 0.3 is 0 Å². The molecule has 0 atom stereocenters. The van der Waals surface area contributed by atoms with Crippen LogP contribution < -0.4 is 0 Å². The van der Waals surface area contributed by atoms with Crippen molar-refractivity contribution in [1.82, 2.24) is 15.0 Å². The molecule has 0 spiro atoms. The number of hydrogen-bond donors (Lipinski definition) is 0. The van der Waals surface area contributed by atoms with Gasteiger partial charge in [-0.1, -0.05) is 36.0 Å². The molecule has 2 heterocycles. The molecule has 20 heavy (non-hydrogen) atoms. The predicted octanol–water partition coefficient (Wildman–Crippen LogP) is 5.27. The molecule has 6 heteroatoms. The average molecular weight is 373 g/mol. The van der Waals surface area contributed by atoms with E-state index in [2.05, 4.69) is 30.9 Å². The van der Waals surface area contributed by atoms with E-state index in [0.717, 1.165) is 23.0 Å². The molecule has 2 aromatic rings. The zero-order valence-electron chi connectivity index (χ0n) is 10.6. The highest BCUT2D eigenvalue weighted by Crippen LogP contribution is 2.39. The minimum absolute atomic E-state index is 0.415. The molecular weight excluding hydrogens is 361 g/mol. The van der Waals surface area contributed by atoms with E-state index in [-0.39, 0.29) is 0 Å². The van der Waals surface area contributed by atoms with Crippen LogP contribution in [0.3, 0.4) is 0 Å². The van der Waals surface area contributed by atoms with E-state index in [1.807, 2.05) is 0 Å². The van der Waals surface area contributed by atoms with Crippen LogP contribution in [0.1, 0.15) is 37.3 Å². The third-order valence-electron chi connectivity index (χ3n) is 3.55. The van der Waals surface area contributed by atoms with Crippen molar-refractivity contribution in [3.05, 3.63) is 38.7 Å². The zero-order chi connectivity index (χ0) is 14.1. The summed E-state index contributed by atoms with van der Waals surface area (Å²) in [4.78, 5) is 13.2. The van der Waals surface area contributed by atoms with Gasteiger partial charge in [0.05, 0.1) is 15.2 Å². The lowest BCUT2D eigenvalue weighted by Crippen LogP contribution is -2.03. The van der Waals surface area contributed by atoms with Crippen molar-refractivity contribution in [2.75, 3.05) is 0 Å². The molecule has 2 aromatic heterocycles. The quantitative estimate of drug-likeness (QED) is 0.674. The number of aromatic nitrogens is 3. The molecule has 0 radical (unpaired) electrons. The van der Waals surface area contributed by atoms with E-state index in [1.54, 1.807) is 18.3 Å². The van der Waals surface area contributed by atoms with Gasteiger partial charge in [0, 0.05) is 12.1 Å². The number of nitrogens with zero attached hydrogens (tertiary/aromatic N) is 3. The highest BCUT2D eigenvalue weighted by molar-refractivity contribution is 9.10. The molecule has 0 unspecified atom stereocenters. The second kappa shape index (κ2) is 5.96. The van der Waals surface area contributed by atoms with E-state index in [4.69, 9.17) is 23.2 Å². The van der Waals surface area contributed by atoms with Crippen LogP contribution in [0.25, 0.3) is 11.5 Å². The third-order valence-corrected chi connectivity index (χ3v) is 5.14. The Labute approximate surface area is 135 Å². The second-order valence-electron chi connectivity index (χ2n) is 4.85. The Hall–Kier alpha value is -0.710. The fourth-order valence-electron chi connectivity index (χ4n) is 2.56. The molecule has 1 aliphatic carbocycles. The highest BCUT2D eigenvalue weighted by Gasteiger charge is 2.24. The van der Waals surface area contributed by atoms with Crippen molar-refractivity contribution in [3.8, 4) is 11.5 Å². The Morgan fingerprint density at radius 3 is 2.60 bits per heavy atom. The molecule has 0 aliphatic heterocycles. The average Bonchev–Trinajstić information content (AvgIpc) is 2.96. The van der Waals surface area contributed by atoms with Gasteiger partial charge in [0.1, 0.15) is 10.8 Å². The number of pyridine rings is 1. The lowest BCUT2D eigenvalue weighted by molar-refractivity contribution is 0.690. The summed E-state index contributed by atoms with van der Waals surface area (Å²) in [5.74, 6) is 0.928. The summed E-state index contributed by atoms with van der Waals surface area (Å²) in [7, 11) is 0. The molecule has 0 saturated heterocycles. The Balaban J connectivity index is 2.11. The van der Waals surface area contributed by atoms with Crippen LogP contribution in [0.4, 0.5) is 0 Å². The number of rotatable bonds is 2. The molecule has 1 fully saturated rings. The van der Waals surface area contributed by atoms with Gasteiger partial charge in [-0.15, -0.1) is 0 Å². The number of hydrogen-bond acceptors (Lipinski definition) is 3. The summed E-state index contributed by atoms with van der Waals surface area (Å²) in [6.07, 6.45) is 6.43. The van der Waals surface area contributed by atoms with Gasteiger partial charge in [-0.3, -0.25) is 4.98 Å². The first-order valence-electron chi connectivity index (χ1n) is 6.50. The first-order valence-corrected chi connectivity index (χ1v) is 8.05. The molecule has 0 amide bonds. The van der Waals surface area contributed by atoms with Crippen molar-refractivity contribution in [2.24, 2.45) is 0 Å². The van der Waals surface area contributed by atoms with Crippen molar-refractivity contribution in [1.29, 1.82) is 0 Å². The first kappa shape index (κ1) is 14.2. The largest absolute Gasteiger partial charge is 0.251 e. The maximum Gasteiger partial charge on any atom is 0.181 e. The van der Waals surface area contributed by atoms with Gasteiger partial charge in [0.25, 0.3) is 0 Å². The third kappa shape index (κ3) is 2.69. The molecule has 1 aliphatic rings. The van der Waals surface area contributed by atoms with Gasteiger partial charge in [-0.2, -0.15) is 0 Å². The molecule has 104 valence electrons. The van der Waals surface area contributed by atoms with Crippen LogP contribution in [0, 0.1) is 0 Å². The van der Waals surface area contributed by atoms with Gasteiger partial charge in [-0.05, 0) is 40.9 Å². The van der Waals surface area contributed by atoms with Gasteiger partial charge < -0.3 is 0 Å².